The smallest absolute Gasteiger partial charge is 0.276 e. The van der Waals surface area contributed by atoms with E-state index in [0.717, 1.165) is 56.3 Å². The highest BCUT2D eigenvalue weighted by molar-refractivity contribution is 6.14. The number of rotatable bonds is 11. The van der Waals surface area contributed by atoms with Crippen molar-refractivity contribution < 1.29 is 14.3 Å². The molecule has 4 N–H and O–H groups in total. The molecule has 0 radical (unpaired) electrons. The van der Waals surface area contributed by atoms with Gasteiger partial charge >= 0.3 is 0 Å². The lowest BCUT2D eigenvalue weighted by molar-refractivity contribution is -0.111. The first-order valence-corrected chi connectivity index (χ1v) is 17.8. The van der Waals surface area contributed by atoms with Crippen LogP contribution in [0.5, 0.6) is 0 Å². The lowest BCUT2D eigenvalue weighted by atomic mass is 10.1. The first-order chi connectivity index (χ1) is 25.8. The van der Waals surface area contributed by atoms with Crippen molar-refractivity contribution in [2.75, 3.05) is 106 Å². The second-order valence-electron chi connectivity index (χ2n) is 13.5. The number of ether oxygens (including phenoxy) is 1. The maximum absolute atomic E-state index is 13.8. The Kier molecular flexibility index (Phi) is 10.9. The van der Waals surface area contributed by atoms with Crippen LogP contribution in [0, 0.1) is 0 Å². The molecular formula is C39H45N11O3. The average molecular weight is 716 g/mol. The zero-order chi connectivity index (χ0) is 36.7. The summed E-state index contributed by atoms with van der Waals surface area (Å²) in [7, 11) is 6.02. The minimum absolute atomic E-state index is 0.150. The van der Waals surface area contributed by atoms with E-state index < -0.39 is 5.91 Å². The van der Waals surface area contributed by atoms with Crippen molar-refractivity contribution in [1.29, 1.82) is 0 Å². The number of nitrogens with zero attached hydrogens (tertiary/aromatic N) is 7. The van der Waals surface area contributed by atoms with Crippen LogP contribution in [0.3, 0.4) is 0 Å². The number of carbonyl (C=O) groups is 2. The third-order valence-corrected chi connectivity index (χ3v) is 9.25. The summed E-state index contributed by atoms with van der Waals surface area (Å²) < 4.78 is 5.48. The van der Waals surface area contributed by atoms with Crippen molar-refractivity contribution in [3.63, 3.8) is 0 Å². The van der Waals surface area contributed by atoms with Gasteiger partial charge in [0.1, 0.15) is 0 Å². The highest BCUT2D eigenvalue weighted by atomic mass is 16.5. The molecule has 53 heavy (non-hydrogen) atoms. The standard InChI is InChI=1S/C39H45N11O3/c1-47(2)16-6-11-33(51)40-29-8-4-7-27(25-29)35-34-36(38(52)41-28-12-14-31(15-13-28)50-21-23-53-24-22-50)45-46-37(34)44-39(43-35)42-30-9-5-10-32(26-30)49-19-17-48(3)18-20-49/h4-15,25-26H,16-24H2,1-3H3,(H,40,51)(H,41,52)(H2,42,43,44,45,46)/b11-6+. The summed E-state index contributed by atoms with van der Waals surface area (Å²) in [6.45, 7) is 7.57. The van der Waals surface area contributed by atoms with Gasteiger partial charge in [-0.2, -0.15) is 10.1 Å². The van der Waals surface area contributed by atoms with E-state index in [-0.39, 0.29) is 11.6 Å². The van der Waals surface area contributed by atoms with Crippen molar-refractivity contribution in [2.45, 2.75) is 0 Å². The summed E-state index contributed by atoms with van der Waals surface area (Å²) in [5.41, 5.74) is 5.93. The first kappa shape index (κ1) is 35.6. The molecule has 3 aromatic carbocycles. The minimum atomic E-state index is -0.406. The maximum atomic E-state index is 13.8. The van der Waals surface area contributed by atoms with Gasteiger partial charge in [0.25, 0.3) is 5.91 Å². The fraction of sp³-hybridized carbons (Fsp3) is 0.308. The van der Waals surface area contributed by atoms with Gasteiger partial charge in [0, 0.05) is 85.9 Å². The quantitative estimate of drug-likeness (QED) is 0.142. The van der Waals surface area contributed by atoms with Crippen LogP contribution in [-0.4, -0.2) is 122 Å². The van der Waals surface area contributed by atoms with E-state index in [1.54, 1.807) is 6.08 Å². The number of anilines is 6. The van der Waals surface area contributed by atoms with E-state index >= 15 is 0 Å². The minimum Gasteiger partial charge on any atom is -0.378 e. The Morgan fingerprint density at radius 3 is 2.34 bits per heavy atom. The Bertz CT molecular complexity index is 2080. The largest absolute Gasteiger partial charge is 0.378 e. The second-order valence-corrected chi connectivity index (χ2v) is 13.5. The SMILES string of the molecule is CN(C)C/C=C/C(=O)Nc1cccc(-c2nc(Nc3cccc(N4CCN(C)CC4)c3)nc3[nH]nc(C(=O)Nc4ccc(N5CCOCC5)cc4)c23)c1. The zero-order valence-corrected chi connectivity index (χ0v) is 30.3. The van der Waals surface area contributed by atoms with Crippen LogP contribution in [0.1, 0.15) is 10.5 Å². The Labute approximate surface area is 308 Å². The number of carbonyl (C=O) groups excluding carboxylic acids is 2. The van der Waals surface area contributed by atoms with Crippen LogP contribution in [0.4, 0.5) is 34.4 Å². The number of fused-ring (bicyclic) bond motifs is 1. The molecule has 0 bridgehead atoms. The third kappa shape index (κ3) is 8.80. The van der Waals surface area contributed by atoms with Gasteiger partial charge in [-0.25, -0.2) is 4.98 Å². The Hall–Kier alpha value is -5.83. The summed E-state index contributed by atoms with van der Waals surface area (Å²) in [6.07, 6.45) is 3.32. The highest BCUT2D eigenvalue weighted by Gasteiger charge is 2.23. The van der Waals surface area contributed by atoms with E-state index in [4.69, 9.17) is 14.7 Å². The molecule has 2 aliphatic heterocycles. The zero-order valence-electron chi connectivity index (χ0n) is 30.3. The molecule has 14 nitrogen and oxygen atoms in total. The molecule has 0 aliphatic carbocycles. The summed E-state index contributed by atoms with van der Waals surface area (Å²) in [6, 6.07) is 23.3. The number of aromatic nitrogens is 4. The van der Waals surface area contributed by atoms with Gasteiger partial charge in [-0.1, -0.05) is 24.3 Å². The molecule has 2 aliphatic rings. The summed E-state index contributed by atoms with van der Waals surface area (Å²) in [4.78, 5) is 45.2. The van der Waals surface area contributed by atoms with Crippen molar-refractivity contribution >= 4 is 57.2 Å². The van der Waals surface area contributed by atoms with Gasteiger partial charge in [0.2, 0.25) is 11.9 Å². The predicted molar refractivity (Wildman–Crippen MR) is 210 cm³/mol. The number of hydrogen-bond donors (Lipinski definition) is 4. The molecular weight excluding hydrogens is 671 g/mol. The van der Waals surface area contributed by atoms with E-state index in [0.29, 0.717) is 59.4 Å². The lowest BCUT2D eigenvalue weighted by Crippen LogP contribution is -2.44. The van der Waals surface area contributed by atoms with E-state index in [2.05, 4.69) is 60.0 Å². The van der Waals surface area contributed by atoms with E-state index in [1.807, 2.05) is 79.7 Å². The number of hydrogen-bond acceptors (Lipinski definition) is 11. The van der Waals surface area contributed by atoms with Crippen molar-refractivity contribution in [1.82, 2.24) is 30.0 Å². The summed E-state index contributed by atoms with van der Waals surface area (Å²) in [5, 5.41) is 17.2. The van der Waals surface area contributed by atoms with Crippen molar-refractivity contribution in [3.8, 4) is 11.3 Å². The van der Waals surface area contributed by atoms with Gasteiger partial charge in [0.05, 0.1) is 24.3 Å². The van der Waals surface area contributed by atoms with Gasteiger partial charge in [-0.3, -0.25) is 14.7 Å². The van der Waals surface area contributed by atoms with Crippen LogP contribution in [-0.2, 0) is 9.53 Å². The molecule has 4 heterocycles. The molecule has 2 amide bonds. The lowest BCUT2D eigenvalue weighted by Gasteiger charge is -2.34. The third-order valence-electron chi connectivity index (χ3n) is 9.25. The fourth-order valence-electron chi connectivity index (χ4n) is 6.40. The Morgan fingerprint density at radius 2 is 1.57 bits per heavy atom. The number of morpholine rings is 1. The highest BCUT2D eigenvalue weighted by Crippen LogP contribution is 2.32. The molecule has 0 unspecified atom stereocenters. The molecule has 5 aromatic rings. The van der Waals surface area contributed by atoms with E-state index in [1.165, 1.54) is 6.08 Å². The summed E-state index contributed by atoms with van der Waals surface area (Å²) in [5.74, 6) is -0.322. The average Bonchev–Trinajstić information content (AvgIpc) is 3.60. The second kappa shape index (κ2) is 16.2. The van der Waals surface area contributed by atoms with Crippen LogP contribution in [0.25, 0.3) is 22.3 Å². The number of H-pyrrole nitrogens is 1. The number of nitrogens with one attached hydrogen (secondary N) is 4. The van der Waals surface area contributed by atoms with Crippen molar-refractivity contribution in [2.24, 2.45) is 0 Å². The van der Waals surface area contributed by atoms with Gasteiger partial charge in [0.15, 0.2) is 11.3 Å². The molecule has 7 rings (SSSR count). The first-order valence-electron chi connectivity index (χ1n) is 17.8. The van der Waals surface area contributed by atoms with Gasteiger partial charge < -0.3 is 40.3 Å². The molecule has 2 fully saturated rings. The maximum Gasteiger partial charge on any atom is 0.276 e. The van der Waals surface area contributed by atoms with Crippen LogP contribution < -0.4 is 25.8 Å². The normalized spacial score (nSPS) is 15.3. The van der Waals surface area contributed by atoms with Crippen LogP contribution >= 0.6 is 0 Å². The molecule has 0 atom stereocenters. The topological polar surface area (TPSA) is 147 Å². The molecule has 14 heteroatoms. The number of piperazine rings is 1. The molecule has 0 spiro atoms. The van der Waals surface area contributed by atoms with E-state index in [9.17, 15) is 9.59 Å². The van der Waals surface area contributed by atoms with Crippen LogP contribution in [0.15, 0.2) is 84.9 Å². The Balaban J connectivity index is 1.20. The molecule has 274 valence electrons. The molecule has 2 aromatic heterocycles. The predicted octanol–water partition coefficient (Wildman–Crippen LogP) is 4.66. The number of amides is 2. The summed E-state index contributed by atoms with van der Waals surface area (Å²) >= 11 is 0. The van der Waals surface area contributed by atoms with Gasteiger partial charge in [-0.15, -0.1) is 0 Å². The van der Waals surface area contributed by atoms with Gasteiger partial charge in [-0.05, 0) is 75.7 Å². The monoisotopic (exact) mass is 715 g/mol. The number of likely N-dealkylation sites (N-methyl/N-ethyl adjacent to an activating group) is 2. The number of aromatic amines is 1. The fourth-order valence-corrected chi connectivity index (χ4v) is 6.40. The Morgan fingerprint density at radius 1 is 0.830 bits per heavy atom. The molecule has 0 saturated carbocycles. The number of benzene rings is 3. The molecule has 2 saturated heterocycles. The van der Waals surface area contributed by atoms with Crippen molar-refractivity contribution in [3.05, 3.63) is 90.6 Å². The van der Waals surface area contributed by atoms with Crippen LogP contribution in [0.2, 0.25) is 0 Å².